The highest BCUT2D eigenvalue weighted by Crippen LogP contribution is 2.48. The molecule has 25 heavy (non-hydrogen) atoms. The lowest BCUT2D eigenvalue weighted by Gasteiger charge is -2.16. The number of ether oxygens (including phenoxy) is 1. The molecule has 0 amide bonds. The average Bonchev–Trinajstić information content (AvgIpc) is 3.12. The van der Waals surface area contributed by atoms with Gasteiger partial charge in [-0.05, 0) is 12.8 Å². The van der Waals surface area contributed by atoms with E-state index in [9.17, 15) is 19.5 Å². The zero-order valence-electron chi connectivity index (χ0n) is 13.2. The van der Waals surface area contributed by atoms with Crippen molar-refractivity contribution >= 4 is 30.5 Å². The molecule has 2 fully saturated rings. The second-order valence-electron chi connectivity index (χ2n) is 6.44. The summed E-state index contributed by atoms with van der Waals surface area (Å²) in [7, 11) is -4.41. The number of aliphatic hydroxyl groups excluding tert-OH is 1. The lowest BCUT2D eigenvalue weighted by molar-refractivity contribution is 0.0163. The van der Waals surface area contributed by atoms with Crippen molar-refractivity contribution in [2.24, 2.45) is 0 Å². The summed E-state index contributed by atoms with van der Waals surface area (Å²) in [5.74, 6) is -0.641. The highest BCUT2D eigenvalue weighted by Gasteiger charge is 2.43. The van der Waals surface area contributed by atoms with Crippen LogP contribution < -0.4 is 11.1 Å². The number of aliphatic hydroxyl groups is 1. The van der Waals surface area contributed by atoms with Gasteiger partial charge >= 0.3 is 7.60 Å². The minimum atomic E-state index is -4.41. The molecule has 1 saturated heterocycles. The Balaban J connectivity index is 1.59. The third-order valence-corrected chi connectivity index (χ3v) is 5.44. The van der Waals surface area contributed by atoms with Gasteiger partial charge in [-0.25, -0.2) is 4.98 Å². The molecule has 0 unspecified atom stereocenters. The van der Waals surface area contributed by atoms with Crippen LogP contribution in [0.2, 0.25) is 0 Å². The monoisotopic (exact) mass is 370 g/mol. The van der Waals surface area contributed by atoms with Crippen molar-refractivity contribution in [2.75, 3.05) is 11.1 Å². The Morgan fingerprint density at radius 1 is 1.40 bits per heavy atom. The number of imidazole rings is 1. The summed E-state index contributed by atoms with van der Waals surface area (Å²) in [4.78, 5) is 31.1. The van der Waals surface area contributed by atoms with Gasteiger partial charge in [0.05, 0.1) is 19.0 Å². The van der Waals surface area contributed by atoms with Crippen LogP contribution >= 0.6 is 7.60 Å². The SMILES string of the molecule is Nc1nc(NC2CC2)c2ncn(C[C@H]3O[C@@H](P(=O)(O)O)C[C@@H]3O)c2n1. The van der Waals surface area contributed by atoms with Crippen molar-refractivity contribution in [2.45, 2.75) is 49.9 Å². The number of rotatable bonds is 5. The van der Waals surface area contributed by atoms with Crippen LogP contribution in [0.3, 0.4) is 0 Å². The summed E-state index contributed by atoms with van der Waals surface area (Å²) in [6.45, 7) is 0.146. The van der Waals surface area contributed by atoms with Crippen molar-refractivity contribution in [3.63, 3.8) is 0 Å². The molecule has 0 spiro atoms. The van der Waals surface area contributed by atoms with Crippen molar-refractivity contribution in [1.82, 2.24) is 19.5 Å². The molecular formula is C13H19N6O5P. The van der Waals surface area contributed by atoms with E-state index in [2.05, 4.69) is 20.3 Å². The van der Waals surface area contributed by atoms with Crippen LogP contribution in [0.25, 0.3) is 11.2 Å². The molecule has 0 aromatic carbocycles. The van der Waals surface area contributed by atoms with E-state index in [1.54, 1.807) is 4.57 Å². The standard InChI is InChI=1S/C13H19N6O5P/c14-13-17-11(16-6-1-2-6)10-12(18-13)19(5-15-10)4-8-7(20)3-9(24-8)25(21,22)23/h5-9,20H,1-4H2,(H2,21,22,23)(H3,14,16,17,18)/t7-,8+,9-/m0/s1. The Labute approximate surface area is 142 Å². The van der Waals surface area contributed by atoms with E-state index in [0.29, 0.717) is 23.0 Å². The van der Waals surface area contributed by atoms with Gasteiger partial charge in [-0.15, -0.1) is 0 Å². The number of hydrogen-bond acceptors (Lipinski definition) is 8. The first-order valence-corrected chi connectivity index (χ1v) is 9.63. The predicted molar refractivity (Wildman–Crippen MR) is 87.7 cm³/mol. The molecule has 2 aromatic rings. The summed E-state index contributed by atoms with van der Waals surface area (Å²) in [5, 5.41) is 13.3. The number of anilines is 2. The highest BCUT2D eigenvalue weighted by molar-refractivity contribution is 7.52. The first kappa shape index (κ1) is 16.7. The number of nitrogen functional groups attached to an aromatic ring is 1. The molecule has 0 radical (unpaired) electrons. The van der Waals surface area contributed by atoms with Gasteiger partial charge in [0.25, 0.3) is 0 Å². The third-order valence-electron chi connectivity index (χ3n) is 4.36. The summed E-state index contributed by atoms with van der Waals surface area (Å²) in [6.07, 6.45) is 1.78. The van der Waals surface area contributed by atoms with E-state index in [4.69, 9.17) is 10.5 Å². The summed E-state index contributed by atoms with van der Waals surface area (Å²) >= 11 is 0. The Bertz CT molecular complexity index is 849. The Morgan fingerprint density at radius 2 is 2.16 bits per heavy atom. The van der Waals surface area contributed by atoms with E-state index >= 15 is 0 Å². The molecule has 11 nitrogen and oxygen atoms in total. The van der Waals surface area contributed by atoms with E-state index in [-0.39, 0.29) is 18.9 Å². The van der Waals surface area contributed by atoms with Crippen LogP contribution in [0.15, 0.2) is 6.33 Å². The number of nitrogens with zero attached hydrogens (tertiary/aromatic N) is 4. The number of fused-ring (bicyclic) bond motifs is 1. The van der Waals surface area contributed by atoms with Crippen molar-refractivity contribution in [3.05, 3.63) is 6.33 Å². The number of aromatic nitrogens is 4. The largest absolute Gasteiger partial charge is 0.390 e. The average molecular weight is 370 g/mol. The maximum Gasteiger partial charge on any atom is 0.354 e. The lowest BCUT2D eigenvalue weighted by Crippen LogP contribution is -2.26. The zero-order valence-corrected chi connectivity index (χ0v) is 14.1. The Hall–Kier alpha value is -1.78. The molecule has 3 atom stereocenters. The molecule has 1 aliphatic heterocycles. The topological polar surface area (TPSA) is 169 Å². The number of nitrogens with two attached hydrogens (primary N) is 1. The van der Waals surface area contributed by atoms with Gasteiger partial charge in [-0.3, -0.25) is 4.57 Å². The van der Waals surface area contributed by atoms with Crippen molar-refractivity contribution in [1.29, 1.82) is 0 Å². The van der Waals surface area contributed by atoms with Gasteiger partial charge in [-0.2, -0.15) is 9.97 Å². The van der Waals surface area contributed by atoms with Crippen LogP contribution in [-0.2, 0) is 15.8 Å². The van der Waals surface area contributed by atoms with Crippen LogP contribution in [-0.4, -0.2) is 58.5 Å². The van der Waals surface area contributed by atoms with Crippen molar-refractivity contribution < 1.29 is 24.2 Å². The van der Waals surface area contributed by atoms with Crippen LogP contribution in [0.1, 0.15) is 19.3 Å². The van der Waals surface area contributed by atoms with Crippen LogP contribution in [0.4, 0.5) is 11.8 Å². The summed E-state index contributed by atoms with van der Waals surface area (Å²) < 4.78 is 18.3. The number of hydrogen-bond donors (Lipinski definition) is 5. The smallest absolute Gasteiger partial charge is 0.354 e. The van der Waals surface area contributed by atoms with Gasteiger partial charge in [-0.1, -0.05) is 0 Å². The van der Waals surface area contributed by atoms with Gasteiger partial charge in [0, 0.05) is 12.5 Å². The van der Waals surface area contributed by atoms with Gasteiger partial charge < -0.3 is 35.2 Å². The fraction of sp³-hybridized carbons (Fsp3) is 0.615. The maximum atomic E-state index is 11.3. The molecule has 136 valence electrons. The normalized spacial score (nSPS) is 27.1. The molecule has 1 aliphatic carbocycles. The van der Waals surface area contributed by atoms with Gasteiger partial charge in [0.15, 0.2) is 22.8 Å². The van der Waals surface area contributed by atoms with E-state index in [1.165, 1.54) is 6.33 Å². The first-order valence-electron chi connectivity index (χ1n) is 7.95. The van der Waals surface area contributed by atoms with E-state index in [0.717, 1.165) is 12.8 Å². The molecule has 1 saturated carbocycles. The van der Waals surface area contributed by atoms with Crippen molar-refractivity contribution in [3.8, 4) is 0 Å². The molecule has 12 heteroatoms. The number of nitrogens with one attached hydrogen (secondary N) is 1. The quantitative estimate of drug-likeness (QED) is 0.438. The zero-order chi connectivity index (χ0) is 17.8. The minimum Gasteiger partial charge on any atom is -0.390 e. The summed E-state index contributed by atoms with van der Waals surface area (Å²) in [5.41, 5.74) is 6.81. The highest BCUT2D eigenvalue weighted by atomic mass is 31.2. The van der Waals surface area contributed by atoms with Gasteiger partial charge in [0.1, 0.15) is 6.10 Å². The minimum absolute atomic E-state index is 0.0957. The molecule has 2 aliphatic rings. The Kier molecular flexibility index (Phi) is 3.93. The predicted octanol–water partition coefficient (Wildman–Crippen LogP) is -0.364. The van der Waals surface area contributed by atoms with E-state index < -0.39 is 25.6 Å². The maximum absolute atomic E-state index is 11.3. The second-order valence-corrected chi connectivity index (χ2v) is 8.19. The Morgan fingerprint density at radius 3 is 2.80 bits per heavy atom. The van der Waals surface area contributed by atoms with Crippen LogP contribution in [0.5, 0.6) is 0 Å². The third kappa shape index (κ3) is 3.33. The fourth-order valence-corrected chi connectivity index (χ4v) is 3.70. The molecule has 4 rings (SSSR count). The fourth-order valence-electron chi connectivity index (χ4n) is 2.90. The summed E-state index contributed by atoms with van der Waals surface area (Å²) in [6, 6.07) is 0.367. The first-order chi connectivity index (χ1) is 11.8. The van der Waals surface area contributed by atoms with E-state index in [1.807, 2.05) is 0 Å². The molecular weight excluding hydrogens is 351 g/mol. The lowest BCUT2D eigenvalue weighted by atomic mass is 10.2. The molecule has 2 aromatic heterocycles. The second kappa shape index (κ2) is 5.89. The van der Waals surface area contributed by atoms with Crippen LogP contribution in [0, 0.1) is 0 Å². The molecule has 3 heterocycles. The van der Waals surface area contributed by atoms with Gasteiger partial charge in [0.2, 0.25) is 5.95 Å². The molecule has 6 N–H and O–H groups in total. The molecule has 0 bridgehead atoms.